The third kappa shape index (κ3) is 7.13. The number of fused-ring (bicyclic) bond motifs is 1. The maximum atomic E-state index is 12.2. The molecule has 0 heterocycles. The Labute approximate surface area is 250 Å². The number of hydrogen-bond acceptors (Lipinski definition) is 12. The van der Waals surface area contributed by atoms with Crippen molar-refractivity contribution in [3.8, 4) is 5.75 Å². The molecule has 44 heavy (non-hydrogen) atoms. The molecule has 0 aromatic heterocycles. The molecule has 5 aromatic rings. The van der Waals surface area contributed by atoms with E-state index in [-0.39, 0.29) is 33.6 Å². The Morgan fingerprint density at radius 3 is 1.39 bits per heavy atom. The third-order valence-corrected chi connectivity index (χ3v) is 7.76. The fourth-order valence-electron chi connectivity index (χ4n) is 3.87. The van der Waals surface area contributed by atoms with Crippen molar-refractivity contribution in [1.82, 2.24) is 0 Å². The predicted molar refractivity (Wildman–Crippen MR) is 162 cm³/mol. The minimum Gasteiger partial charge on any atom is -0.506 e. The van der Waals surface area contributed by atoms with E-state index >= 15 is 0 Å². The van der Waals surface area contributed by atoms with Gasteiger partial charge in [0.15, 0.2) is 0 Å². The quantitative estimate of drug-likeness (QED) is 0.0568. The summed E-state index contributed by atoms with van der Waals surface area (Å²) in [6, 6.07) is 23.6. The zero-order chi connectivity index (χ0) is 31.5. The van der Waals surface area contributed by atoms with Crippen LogP contribution in [0.2, 0.25) is 0 Å². The number of azo groups is 3. The third-order valence-electron chi connectivity index (χ3n) is 6.00. The van der Waals surface area contributed by atoms with Gasteiger partial charge in [0.05, 0.1) is 28.4 Å². The molecule has 14 nitrogen and oxygen atoms in total. The normalized spacial score (nSPS) is 12.6. The molecular weight excluding hydrogens is 610 g/mol. The van der Waals surface area contributed by atoms with Crippen LogP contribution in [-0.4, -0.2) is 31.0 Å². The summed E-state index contributed by atoms with van der Waals surface area (Å²) in [5.74, 6) is -0.123. The van der Waals surface area contributed by atoms with E-state index in [2.05, 4.69) is 30.7 Å². The Bertz CT molecular complexity index is 2190. The van der Waals surface area contributed by atoms with Crippen molar-refractivity contribution in [2.75, 3.05) is 5.73 Å². The van der Waals surface area contributed by atoms with E-state index < -0.39 is 30.0 Å². The zero-order valence-electron chi connectivity index (χ0n) is 22.3. The summed E-state index contributed by atoms with van der Waals surface area (Å²) in [5, 5.41) is 34.1. The summed E-state index contributed by atoms with van der Waals surface area (Å²) in [5.41, 5.74) is 6.85. The van der Waals surface area contributed by atoms with Crippen LogP contribution in [0, 0.1) is 0 Å². The Morgan fingerprint density at radius 2 is 0.909 bits per heavy atom. The highest BCUT2D eigenvalue weighted by molar-refractivity contribution is 7.86. The second kappa shape index (κ2) is 12.1. The molecule has 0 aliphatic heterocycles. The van der Waals surface area contributed by atoms with Crippen LogP contribution in [0.5, 0.6) is 5.75 Å². The summed E-state index contributed by atoms with van der Waals surface area (Å²) < 4.78 is 68.3. The van der Waals surface area contributed by atoms with Crippen LogP contribution >= 0.6 is 0 Å². The molecule has 5 N–H and O–H groups in total. The molecule has 5 rings (SSSR count). The van der Waals surface area contributed by atoms with Crippen molar-refractivity contribution in [3.63, 3.8) is 0 Å². The summed E-state index contributed by atoms with van der Waals surface area (Å²) in [6.07, 6.45) is 0. The fourth-order valence-corrected chi connectivity index (χ4v) is 5.15. The Balaban J connectivity index is 1.50. The highest BCUT2D eigenvalue weighted by Gasteiger charge is 2.21. The van der Waals surface area contributed by atoms with Crippen molar-refractivity contribution in [3.05, 3.63) is 97.1 Å². The van der Waals surface area contributed by atoms with Crippen molar-refractivity contribution in [1.29, 1.82) is 0 Å². The number of hydrogen-bond donors (Lipinski definition) is 4. The van der Waals surface area contributed by atoms with Gasteiger partial charge in [0, 0.05) is 6.07 Å². The topological polar surface area (TPSA) is 229 Å². The average Bonchev–Trinajstić information content (AvgIpc) is 2.98. The number of phenols is 1. The molecule has 0 aliphatic rings. The molecule has 0 unspecified atom stereocenters. The van der Waals surface area contributed by atoms with Gasteiger partial charge >= 0.3 is 0 Å². The van der Waals surface area contributed by atoms with Gasteiger partial charge in [0.25, 0.3) is 20.2 Å². The number of anilines is 1. The monoisotopic (exact) mass is 631 g/mol. The molecule has 222 valence electrons. The second-order valence-electron chi connectivity index (χ2n) is 9.13. The van der Waals surface area contributed by atoms with Gasteiger partial charge in [-0.2, -0.15) is 37.3 Å². The van der Waals surface area contributed by atoms with Gasteiger partial charge in [-0.25, -0.2) is 0 Å². The summed E-state index contributed by atoms with van der Waals surface area (Å²) >= 11 is 0. The molecule has 0 saturated heterocycles. The largest absolute Gasteiger partial charge is 0.506 e. The van der Waals surface area contributed by atoms with Gasteiger partial charge in [-0.05, 0) is 83.6 Å². The Hall–Kier alpha value is -5.42. The van der Waals surface area contributed by atoms with Crippen LogP contribution in [-0.2, 0) is 20.2 Å². The van der Waals surface area contributed by atoms with E-state index in [4.69, 9.17) is 5.73 Å². The predicted octanol–water partition coefficient (Wildman–Crippen LogP) is 7.87. The molecule has 0 bridgehead atoms. The van der Waals surface area contributed by atoms with E-state index in [9.17, 15) is 31.0 Å². The molecule has 0 spiro atoms. The molecule has 0 amide bonds. The number of phenolic OH excluding ortho intramolecular Hbond substituents is 1. The first kappa shape index (κ1) is 30.1. The average molecular weight is 632 g/mol. The number of benzene rings is 5. The van der Waals surface area contributed by atoms with Gasteiger partial charge in [-0.3, -0.25) is 9.11 Å². The van der Waals surface area contributed by atoms with E-state index in [0.717, 1.165) is 12.1 Å². The Morgan fingerprint density at radius 1 is 0.500 bits per heavy atom. The van der Waals surface area contributed by atoms with Crippen molar-refractivity contribution in [2.24, 2.45) is 30.7 Å². The smallest absolute Gasteiger partial charge is 0.296 e. The van der Waals surface area contributed by atoms with Gasteiger partial charge < -0.3 is 10.8 Å². The van der Waals surface area contributed by atoms with E-state index in [0.29, 0.717) is 22.7 Å². The maximum Gasteiger partial charge on any atom is 0.296 e. The minimum absolute atomic E-state index is 0.0481. The lowest BCUT2D eigenvalue weighted by Gasteiger charge is -2.09. The molecule has 0 radical (unpaired) electrons. The minimum atomic E-state index is -4.84. The van der Waals surface area contributed by atoms with Crippen molar-refractivity contribution >= 4 is 70.8 Å². The van der Waals surface area contributed by atoms with Crippen molar-refractivity contribution in [2.45, 2.75) is 9.79 Å². The zero-order valence-corrected chi connectivity index (χ0v) is 23.9. The number of nitrogen functional groups attached to an aromatic ring is 1. The summed E-state index contributed by atoms with van der Waals surface area (Å²) in [6.45, 7) is 0. The summed E-state index contributed by atoms with van der Waals surface area (Å²) in [4.78, 5) is -1.27. The highest BCUT2D eigenvalue weighted by atomic mass is 32.2. The maximum absolute atomic E-state index is 12.2. The number of nitrogens with two attached hydrogens (primary N) is 1. The summed E-state index contributed by atoms with van der Waals surface area (Å²) in [7, 11) is -9.64. The fraction of sp³-hybridized carbons (Fsp3) is 0. The Kier molecular flexibility index (Phi) is 8.23. The molecule has 5 aromatic carbocycles. The standard InChI is InChI=1S/C28H21N7O7S2/c29-23-11-10-22(16-26(23)36)33-30-20-6-8-21(9-7-20)32-35-25-13-17-12-24(34-31-19-4-2-1-3-5-19)27(43(37,38)39)14-18(17)15-28(25)44(40,41)42/h1-16,36H,29H2,(H,37,38,39)(H,40,41,42). The first-order valence-corrected chi connectivity index (χ1v) is 15.3. The lowest BCUT2D eigenvalue weighted by Crippen LogP contribution is -2.01. The highest BCUT2D eigenvalue weighted by Crippen LogP contribution is 2.37. The van der Waals surface area contributed by atoms with Crippen LogP contribution in [0.25, 0.3) is 10.8 Å². The molecule has 16 heteroatoms. The SMILES string of the molecule is Nc1ccc(N=Nc2ccc(N=Nc3cc4cc(N=Nc5ccccc5)c(S(=O)(=O)O)cc4cc3S(=O)(=O)O)cc2)cc1O. The lowest BCUT2D eigenvalue weighted by molar-refractivity contribution is 0.478. The molecule has 0 aliphatic carbocycles. The lowest BCUT2D eigenvalue weighted by atomic mass is 10.1. The second-order valence-corrected chi connectivity index (χ2v) is 11.9. The molecule has 0 saturated carbocycles. The number of rotatable bonds is 8. The van der Waals surface area contributed by atoms with Gasteiger partial charge in [0.2, 0.25) is 0 Å². The van der Waals surface area contributed by atoms with Crippen LogP contribution in [0.4, 0.5) is 39.8 Å². The van der Waals surface area contributed by atoms with Crippen molar-refractivity contribution < 1.29 is 31.0 Å². The van der Waals surface area contributed by atoms with E-state index in [1.54, 1.807) is 48.5 Å². The molecular formula is C28H21N7O7S2. The van der Waals surface area contributed by atoms with Crippen LogP contribution in [0.1, 0.15) is 0 Å². The molecule has 0 fully saturated rings. The van der Waals surface area contributed by atoms with Crippen LogP contribution < -0.4 is 5.73 Å². The van der Waals surface area contributed by atoms with Gasteiger partial charge in [-0.1, -0.05) is 18.2 Å². The van der Waals surface area contributed by atoms with E-state index in [1.807, 2.05) is 0 Å². The number of nitrogens with zero attached hydrogens (tertiary/aromatic N) is 6. The first-order valence-electron chi connectivity index (χ1n) is 12.4. The van der Waals surface area contributed by atoms with E-state index in [1.165, 1.54) is 36.4 Å². The number of aromatic hydroxyl groups is 1. The van der Waals surface area contributed by atoms with Gasteiger partial charge in [-0.15, -0.1) is 10.2 Å². The first-order chi connectivity index (χ1) is 20.9. The van der Waals surface area contributed by atoms with Crippen LogP contribution in [0.3, 0.4) is 0 Å². The molecule has 0 atom stereocenters. The van der Waals surface area contributed by atoms with Crippen LogP contribution in [0.15, 0.2) is 138 Å². The van der Waals surface area contributed by atoms with Gasteiger partial charge in [0.1, 0.15) is 26.9 Å².